The maximum absolute atomic E-state index is 8.83. The predicted octanol–water partition coefficient (Wildman–Crippen LogP) is 3.44. The quantitative estimate of drug-likeness (QED) is 0.646. The lowest BCUT2D eigenvalue weighted by molar-refractivity contribution is 0.491. The molecule has 0 aromatic carbocycles. The van der Waals surface area contributed by atoms with E-state index in [0.717, 1.165) is 4.88 Å². The molecular formula is C7H11ClOS. The van der Waals surface area contributed by atoms with Crippen LogP contribution in [-0.2, 0) is 0 Å². The van der Waals surface area contributed by atoms with Gasteiger partial charge in [-0.3, -0.25) is 0 Å². The van der Waals surface area contributed by atoms with Crippen molar-refractivity contribution in [3.63, 3.8) is 0 Å². The molecule has 0 aliphatic rings. The van der Waals surface area contributed by atoms with Gasteiger partial charge in [0.25, 0.3) is 0 Å². The van der Waals surface area contributed by atoms with Crippen LogP contribution in [0.2, 0.25) is 5.02 Å². The first-order chi connectivity index (χ1) is 4.70. The summed E-state index contributed by atoms with van der Waals surface area (Å²) in [5.41, 5.74) is 0. The van der Waals surface area contributed by atoms with Crippen molar-refractivity contribution in [2.75, 3.05) is 0 Å². The van der Waals surface area contributed by atoms with Crippen LogP contribution in [-0.4, -0.2) is 5.11 Å². The summed E-state index contributed by atoms with van der Waals surface area (Å²) in [6.45, 7) is 5.90. The van der Waals surface area contributed by atoms with Gasteiger partial charge in [0.2, 0.25) is 0 Å². The highest BCUT2D eigenvalue weighted by Crippen LogP contribution is 2.32. The molecule has 1 aromatic heterocycles. The van der Waals surface area contributed by atoms with Crippen LogP contribution in [0.25, 0.3) is 0 Å². The number of halogens is 1. The number of aromatic hydroxyl groups is 1. The fourth-order valence-corrected chi connectivity index (χ4v) is 1.45. The maximum atomic E-state index is 8.83. The molecule has 0 unspecified atom stereocenters. The average Bonchev–Trinajstić information content (AvgIpc) is 2.16. The Balaban J connectivity index is 0.000000371. The van der Waals surface area contributed by atoms with Gasteiger partial charge >= 0.3 is 0 Å². The van der Waals surface area contributed by atoms with Gasteiger partial charge in [0.05, 0.1) is 5.02 Å². The number of rotatable bonds is 0. The molecule has 1 rings (SSSR count). The second kappa shape index (κ2) is 4.58. The second-order valence-corrected chi connectivity index (χ2v) is 3.15. The molecule has 0 bridgehead atoms. The van der Waals surface area contributed by atoms with Gasteiger partial charge in [-0.15, -0.1) is 11.3 Å². The molecule has 1 heterocycles. The molecule has 3 heteroatoms. The zero-order valence-electron chi connectivity index (χ0n) is 6.31. The van der Waals surface area contributed by atoms with Gasteiger partial charge in [0.15, 0.2) is 5.06 Å². The van der Waals surface area contributed by atoms with Crippen LogP contribution in [0.15, 0.2) is 6.07 Å². The first-order valence-electron chi connectivity index (χ1n) is 3.15. The molecule has 0 aliphatic carbocycles. The molecule has 0 saturated heterocycles. The largest absolute Gasteiger partial charge is 0.498 e. The van der Waals surface area contributed by atoms with E-state index in [1.165, 1.54) is 11.3 Å². The van der Waals surface area contributed by atoms with E-state index in [-0.39, 0.29) is 5.06 Å². The van der Waals surface area contributed by atoms with Crippen molar-refractivity contribution in [3.05, 3.63) is 16.0 Å². The smallest absolute Gasteiger partial charge is 0.190 e. The molecule has 1 aromatic rings. The first kappa shape index (κ1) is 9.79. The van der Waals surface area contributed by atoms with Crippen LogP contribution < -0.4 is 0 Å². The molecule has 1 N–H and O–H groups in total. The molecule has 10 heavy (non-hydrogen) atoms. The van der Waals surface area contributed by atoms with E-state index in [9.17, 15) is 0 Å². The van der Waals surface area contributed by atoms with Crippen LogP contribution in [0.1, 0.15) is 18.7 Å². The van der Waals surface area contributed by atoms with Crippen molar-refractivity contribution >= 4 is 22.9 Å². The second-order valence-electron chi connectivity index (χ2n) is 1.51. The van der Waals surface area contributed by atoms with E-state index < -0.39 is 0 Å². The number of hydrogen-bond donors (Lipinski definition) is 1. The maximum Gasteiger partial charge on any atom is 0.190 e. The van der Waals surface area contributed by atoms with Crippen LogP contribution in [0.5, 0.6) is 5.06 Å². The number of thiophene rings is 1. The Morgan fingerprint density at radius 3 is 2.10 bits per heavy atom. The summed E-state index contributed by atoms with van der Waals surface area (Å²) < 4.78 is 0. The summed E-state index contributed by atoms with van der Waals surface area (Å²) >= 11 is 6.78. The lowest BCUT2D eigenvalue weighted by Gasteiger charge is -1.76. The topological polar surface area (TPSA) is 20.2 Å². The molecular weight excluding hydrogens is 168 g/mol. The van der Waals surface area contributed by atoms with Gasteiger partial charge in [0.1, 0.15) is 0 Å². The van der Waals surface area contributed by atoms with Gasteiger partial charge in [-0.25, -0.2) is 0 Å². The zero-order valence-corrected chi connectivity index (χ0v) is 7.88. The SMILES string of the molecule is CC.Cc1cc(Cl)c(O)s1. The fraction of sp³-hybridized carbons (Fsp3) is 0.429. The average molecular weight is 179 g/mol. The minimum Gasteiger partial charge on any atom is -0.498 e. The predicted molar refractivity (Wildman–Crippen MR) is 47.1 cm³/mol. The molecule has 0 radical (unpaired) electrons. The molecule has 0 spiro atoms. The fourth-order valence-electron chi connectivity index (χ4n) is 0.471. The van der Waals surface area contributed by atoms with E-state index in [2.05, 4.69) is 0 Å². The number of hydrogen-bond acceptors (Lipinski definition) is 2. The summed E-state index contributed by atoms with van der Waals surface area (Å²) in [4.78, 5) is 1.03. The Morgan fingerprint density at radius 2 is 2.00 bits per heavy atom. The molecule has 0 atom stereocenters. The lowest BCUT2D eigenvalue weighted by Crippen LogP contribution is -1.48. The Bertz CT molecular complexity index is 176. The van der Waals surface area contributed by atoms with E-state index in [4.69, 9.17) is 16.7 Å². The third-order valence-electron chi connectivity index (χ3n) is 0.792. The minimum absolute atomic E-state index is 0.212. The normalized spacial score (nSPS) is 8.40. The van der Waals surface area contributed by atoms with Crippen molar-refractivity contribution in [1.82, 2.24) is 0 Å². The molecule has 0 fully saturated rings. The Kier molecular flexibility index (Phi) is 4.49. The van der Waals surface area contributed by atoms with Crippen molar-refractivity contribution in [3.8, 4) is 5.06 Å². The third kappa shape index (κ3) is 2.58. The summed E-state index contributed by atoms with van der Waals surface area (Å²) in [6.07, 6.45) is 0. The first-order valence-corrected chi connectivity index (χ1v) is 4.34. The summed E-state index contributed by atoms with van der Waals surface area (Å²) in [6, 6.07) is 1.74. The van der Waals surface area contributed by atoms with Crippen LogP contribution in [0, 0.1) is 6.92 Å². The zero-order chi connectivity index (χ0) is 8.15. The van der Waals surface area contributed by atoms with Gasteiger partial charge in [-0.1, -0.05) is 25.4 Å². The van der Waals surface area contributed by atoms with Crippen molar-refractivity contribution < 1.29 is 5.11 Å². The van der Waals surface area contributed by atoms with Gasteiger partial charge < -0.3 is 5.11 Å². The third-order valence-corrected chi connectivity index (χ3v) is 2.05. The van der Waals surface area contributed by atoms with Gasteiger partial charge in [-0.05, 0) is 13.0 Å². The highest BCUT2D eigenvalue weighted by Gasteiger charge is 1.99. The monoisotopic (exact) mass is 178 g/mol. The van der Waals surface area contributed by atoms with Crippen molar-refractivity contribution in [2.45, 2.75) is 20.8 Å². The molecule has 58 valence electrons. The van der Waals surface area contributed by atoms with Crippen molar-refractivity contribution in [1.29, 1.82) is 0 Å². The summed E-state index contributed by atoms with van der Waals surface area (Å²) in [5.74, 6) is 0. The lowest BCUT2D eigenvalue weighted by atomic mass is 10.5. The molecule has 1 nitrogen and oxygen atoms in total. The van der Waals surface area contributed by atoms with Crippen LogP contribution in [0.4, 0.5) is 0 Å². The van der Waals surface area contributed by atoms with Gasteiger partial charge in [-0.2, -0.15) is 0 Å². The van der Waals surface area contributed by atoms with E-state index in [0.29, 0.717) is 5.02 Å². The molecule has 0 aliphatic heterocycles. The summed E-state index contributed by atoms with van der Waals surface area (Å²) in [5, 5.41) is 9.49. The van der Waals surface area contributed by atoms with E-state index in [1.807, 2.05) is 20.8 Å². The van der Waals surface area contributed by atoms with E-state index >= 15 is 0 Å². The van der Waals surface area contributed by atoms with Crippen LogP contribution in [0.3, 0.4) is 0 Å². The Labute approximate surface area is 70.3 Å². The van der Waals surface area contributed by atoms with Crippen LogP contribution >= 0.6 is 22.9 Å². The number of aryl methyl sites for hydroxylation is 1. The Morgan fingerprint density at radius 1 is 1.50 bits per heavy atom. The minimum atomic E-state index is 0.212. The highest BCUT2D eigenvalue weighted by molar-refractivity contribution is 7.14. The van der Waals surface area contributed by atoms with Gasteiger partial charge in [0, 0.05) is 4.88 Å². The van der Waals surface area contributed by atoms with Crippen molar-refractivity contribution in [2.24, 2.45) is 0 Å². The Hall–Kier alpha value is -0.210. The summed E-state index contributed by atoms with van der Waals surface area (Å²) in [7, 11) is 0. The molecule has 0 saturated carbocycles. The highest BCUT2D eigenvalue weighted by atomic mass is 35.5. The standard InChI is InChI=1S/C5H5ClOS.C2H6/c1-3-2-4(6)5(7)8-3;1-2/h2,7H,1H3;1-2H3. The van der Waals surface area contributed by atoms with E-state index in [1.54, 1.807) is 6.07 Å². The molecule has 0 amide bonds.